The van der Waals surface area contributed by atoms with Crippen molar-refractivity contribution >= 4 is 11.6 Å². The third-order valence-electron chi connectivity index (χ3n) is 3.29. The minimum absolute atomic E-state index is 0.207. The molecule has 1 aromatic heterocycles. The van der Waals surface area contributed by atoms with Crippen molar-refractivity contribution in [3.8, 4) is 0 Å². The zero-order valence-corrected chi connectivity index (χ0v) is 12.6. The highest BCUT2D eigenvalue weighted by molar-refractivity contribution is 6.31. The molecule has 0 spiro atoms. The van der Waals surface area contributed by atoms with E-state index in [1.807, 2.05) is 32.9 Å². The van der Waals surface area contributed by atoms with E-state index < -0.39 is 0 Å². The molecule has 4 heteroatoms. The van der Waals surface area contributed by atoms with Crippen molar-refractivity contribution in [1.29, 1.82) is 0 Å². The summed E-state index contributed by atoms with van der Waals surface area (Å²) in [4.78, 5) is 3.99. The molecule has 0 saturated carbocycles. The predicted octanol–water partition coefficient (Wildman–Crippen LogP) is 4.19. The molecule has 0 aliphatic carbocycles. The number of nitrogens with one attached hydrogen (secondary N) is 1. The van der Waals surface area contributed by atoms with Gasteiger partial charge >= 0.3 is 0 Å². The summed E-state index contributed by atoms with van der Waals surface area (Å²) in [6.07, 6.45) is 3.26. The van der Waals surface area contributed by atoms with Gasteiger partial charge in [0.1, 0.15) is 5.82 Å². The number of aryl methyl sites for hydroxylation is 2. The Morgan fingerprint density at radius 1 is 1.35 bits per heavy atom. The van der Waals surface area contributed by atoms with Crippen molar-refractivity contribution in [3.05, 3.63) is 63.7 Å². The summed E-state index contributed by atoms with van der Waals surface area (Å²) in [7, 11) is 0. The van der Waals surface area contributed by atoms with Gasteiger partial charge < -0.3 is 5.32 Å². The Morgan fingerprint density at radius 3 is 2.70 bits per heavy atom. The van der Waals surface area contributed by atoms with E-state index in [4.69, 9.17) is 11.6 Å². The van der Waals surface area contributed by atoms with Gasteiger partial charge in [0.25, 0.3) is 0 Å². The first-order chi connectivity index (χ1) is 9.54. The summed E-state index contributed by atoms with van der Waals surface area (Å²) in [5.74, 6) is -0.207. The van der Waals surface area contributed by atoms with Crippen LogP contribution in [0.1, 0.15) is 35.2 Å². The predicted molar refractivity (Wildman–Crippen MR) is 80.6 cm³/mol. The first-order valence-corrected chi connectivity index (χ1v) is 7.01. The zero-order chi connectivity index (χ0) is 14.7. The van der Waals surface area contributed by atoms with Crippen LogP contribution in [0.25, 0.3) is 0 Å². The van der Waals surface area contributed by atoms with Gasteiger partial charge in [-0.2, -0.15) is 0 Å². The van der Waals surface area contributed by atoms with Crippen LogP contribution in [0.5, 0.6) is 0 Å². The van der Waals surface area contributed by atoms with E-state index in [2.05, 4.69) is 10.3 Å². The van der Waals surface area contributed by atoms with Gasteiger partial charge in [0.05, 0.1) is 11.1 Å². The van der Waals surface area contributed by atoms with Crippen LogP contribution in [0.15, 0.2) is 30.6 Å². The van der Waals surface area contributed by atoms with Crippen LogP contribution >= 0.6 is 11.6 Å². The number of halogens is 2. The molecule has 2 rings (SSSR count). The van der Waals surface area contributed by atoms with Crippen LogP contribution < -0.4 is 5.32 Å². The maximum atomic E-state index is 14.4. The van der Waals surface area contributed by atoms with Crippen molar-refractivity contribution in [3.63, 3.8) is 0 Å². The Labute approximate surface area is 124 Å². The van der Waals surface area contributed by atoms with Crippen LogP contribution in [0, 0.1) is 19.7 Å². The minimum atomic E-state index is -0.268. The number of hydrogen-bond acceptors (Lipinski definition) is 2. The van der Waals surface area contributed by atoms with Gasteiger partial charge in [0, 0.05) is 18.0 Å². The Hall–Kier alpha value is -1.45. The number of pyridine rings is 1. The molecule has 0 bridgehead atoms. The Morgan fingerprint density at radius 2 is 2.10 bits per heavy atom. The van der Waals surface area contributed by atoms with Crippen molar-refractivity contribution in [2.45, 2.75) is 26.8 Å². The van der Waals surface area contributed by atoms with Gasteiger partial charge in [-0.25, -0.2) is 4.39 Å². The molecule has 106 valence electrons. The van der Waals surface area contributed by atoms with E-state index in [9.17, 15) is 4.39 Å². The number of benzene rings is 1. The van der Waals surface area contributed by atoms with Gasteiger partial charge in [0.2, 0.25) is 0 Å². The van der Waals surface area contributed by atoms with Crippen molar-refractivity contribution in [2.24, 2.45) is 0 Å². The first kappa shape index (κ1) is 14.9. The van der Waals surface area contributed by atoms with E-state index >= 15 is 0 Å². The van der Waals surface area contributed by atoms with E-state index in [1.165, 1.54) is 0 Å². The maximum absolute atomic E-state index is 14.4. The number of rotatable bonds is 4. The van der Waals surface area contributed by atoms with Gasteiger partial charge in [-0.15, -0.1) is 0 Å². The molecule has 1 N–H and O–H groups in total. The zero-order valence-electron chi connectivity index (χ0n) is 11.9. The van der Waals surface area contributed by atoms with Gasteiger partial charge in [0.15, 0.2) is 0 Å². The van der Waals surface area contributed by atoms with E-state index in [-0.39, 0.29) is 11.9 Å². The summed E-state index contributed by atoms with van der Waals surface area (Å²) in [6, 6.07) is 5.10. The Balaban J connectivity index is 2.58. The second-order valence-electron chi connectivity index (χ2n) is 4.87. The summed E-state index contributed by atoms with van der Waals surface area (Å²) in [5, 5.41) is 3.84. The van der Waals surface area contributed by atoms with Gasteiger partial charge in [-0.1, -0.05) is 24.6 Å². The van der Waals surface area contributed by atoms with E-state index in [1.54, 1.807) is 18.5 Å². The number of hydrogen-bond donors (Lipinski definition) is 1. The topological polar surface area (TPSA) is 24.9 Å². The molecule has 2 aromatic rings. The monoisotopic (exact) mass is 292 g/mol. The Bertz CT molecular complexity index is 590. The van der Waals surface area contributed by atoms with Crippen molar-refractivity contribution < 1.29 is 4.39 Å². The molecule has 1 atom stereocenters. The summed E-state index contributed by atoms with van der Waals surface area (Å²) >= 11 is 6.22. The quantitative estimate of drug-likeness (QED) is 0.914. The summed E-state index contributed by atoms with van der Waals surface area (Å²) < 4.78 is 14.4. The van der Waals surface area contributed by atoms with Crippen molar-refractivity contribution in [2.75, 3.05) is 6.54 Å². The lowest BCUT2D eigenvalue weighted by molar-refractivity contribution is 0.555. The summed E-state index contributed by atoms with van der Waals surface area (Å²) in [5.41, 5.74) is 3.32. The van der Waals surface area contributed by atoms with Gasteiger partial charge in [-0.05, 0) is 49.2 Å². The molecule has 0 aliphatic rings. The molecule has 20 heavy (non-hydrogen) atoms. The third kappa shape index (κ3) is 3.00. The largest absolute Gasteiger partial charge is 0.306 e. The van der Waals surface area contributed by atoms with Crippen LogP contribution in [0.4, 0.5) is 4.39 Å². The van der Waals surface area contributed by atoms with E-state index in [0.717, 1.165) is 23.2 Å². The SMILES string of the molecule is CCNC(c1ccncc1Cl)c1c(C)cc(C)cc1F. The lowest BCUT2D eigenvalue weighted by Crippen LogP contribution is -2.24. The lowest BCUT2D eigenvalue weighted by Gasteiger charge is -2.22. The normalized spacial score (nSPS) is 12.4. The molecule has 0 radical (unpaired) electrons. The highest BCUT2D eigenvalue weighted by Crippen LogP contribution is 2.31. The molecular formula is C16H18ClFN2. The van der Waals surface area contributed by atoms with Crippen LogP contribution in [-0.2, 0) is 0 Å². The van der Waals surface area contributed by atoms with Crippen LogP contribution in [0.2, 0.25) is 5.02 Å². The Kier molecular flexibility index (Phi) is 4.73. The molecule has 0 aliphatic heterocycles. The average Bonchev–Trinajstić information content (AvgIpc) is 2.37. The van der Waals surface area contributed by atoms with Crippen LogP contribution in [-0.4, -0.2) is 11.5 Å². The molecule has 0 amide bonds. The number of nitrogens with zero attached hydrogens (tertiary/aromatic N) is 1. The second kappa shape index (κ2) is 6.33. The molecule has 1 unspecified atom stereocenters. The fourth-order valence-corrected chi connectivity index (χ4v) is 2.71. The van der Waals surface area contributed by atoms with Gasteiger partial charge in [-0.3, -0.25) is 4.98 Å². The second-order valence-corrected chi connectivity index (χ2v) is 5.27. The first-order valence-electron chi connectivity index (χ1n) is 6.64. The average molecular weight is 293 g/mol. The van der Waals surface area contributed by atoms with Crippen molar-refractivity contribution in [1.82, 2.24) is 10.3 Å². The maximum Gasteiger partial charge on any atom is 0.128 e. The highest BCUT2D eigenvalue weighted by atomic mass is 35.5. The lowest BCUT2D eigenvalue weighted by atomic mass is 9.93. The molecule has 0 fully saturated rings. The fraction of sp³-hybridized carbons (Fsp3) is 0.312. The third-order valence-corrected chi connectivity index (χ3v) is 3.61. The summed E-state index contributed by atoms with van der Waals surface area (Å²) in [6.45, 7) is 6.52. The molecule has 1 aromatic carbocycles. The fourth-order valence-electron chi connectivity index (χ4n) is 2.48. The molecule has 1 heterocycles. The standard InChI is InChI=1S/C16H18ClFN2/c1-4-20-16(12-5-6-19-9-13(12)17)15-11(3)7-10(2)8-14(15)18/h5-9,16,20H,4H2,1-3H3. The van der Waals surface area contributed by atoms with Crippen LogP contribution in [0.3, 0.4) is 0 Å². The van der Waals surface area contributed by atoms with E-state index in [0.29, 0.717) is 10.6 Å². The smallest absolute Gasteiger partial charge is 0.128 e. The molecular weight excluding hydrogens is 275 g/mol. The molecule has 0 saturated heterocycles. The molecule has 2 nitrogen and oxygen atoms in total. The minimum Gasteiger partial charge on any atom is -0.306 e. The highest BCUT2D eigenvalue weighted by Gasteiger charge is 2.21. The number of aromatic nitrogens is 1.